The summed E-state index contributed by atoms with van der Waals surface area (Å²) in [5, 5.41) is 19.5. The molecule has 0 bridgehead atoms. The summed E-state index contributed by atoms with van der Waals surface area (Å²) in [6.45, 7) is 0. The molecule has 0 radical (unpaired) electrons. The molecule has 0 unspecified atom stereocenters. The Labute approximate surface area is 126 Å². The average molecular weight is 300 g/mol. The second-order valence-corrected chi connectivity index (χ2v) is 5.28. The molecule has 1 heterocycles. The minimum Gasteiger partial charge on any atom is -0.386 e. The molecule has 7 heteroatoms. The third-order valence-corrected chi connectivity index (χ3v) is 4.70. The van der Waals surface area contributed by atoms with Crippen molar-refractivity contribution in [2.75, 3.05) is 14.2 Å². The van der Waals surface area contributed by atoms with Crippen molar-refractivity contribution in [1.29, 1.82) is 10.5 Å². The van der Waals surface area contributed by atoms with E-state index >= 15 is 0 Å². The minimum absolute atomic E-state index is 0.0755. The summed E-state index contributed by atoms with van der Waals surface area (Å²) in [4.78, 5) is 4.06. The first-order chi connectivity index (χ1) is 10.5. The van der Waals surface area contributed by atoms with Gasteiger partial charge in [-0.2, -0.15) is 10.5 Å². The van der Waals surface area contributed by atoms with Gasteiger partial charge in [-0.05, 0) is 11.6 Å². The van der Waals surface area contributed by atoms with Crippen LogP contribution in [0.25, 0.3) is 0 Å². The van der Waals surface area contributed by atoms with Gasteiger partial charge in [-0.1, -0.05) is 18.2 Å². The largest absolute Gasteiger partial charge is 0.386 e. The molecule has 0 aromatic heterocycles. The van der Waals surface area contributed by atoms with E-state index in [1.165, 1.54) is 32.4 Å². The van der Waals surface area contributed by atoms with Crippen molar-refractivity contribution in [3.05, 3.63) is 35.6 Å². The molecule has 3 rings (SSSR count). The van der Waals surface area contributed by atoms with E-state index in [-0.39, 0.29) is 11.4 Å². The number of halogens is 1. The van der Waals surface area contributed by atoms with Gasteiger partial charge in [-0.15, -0.1) is 0 Å². The lowest BCUT2D eigenvalue weighted by Gasteiger charge is -2.29. The predicted molar refractivity (Wildman–Crippen MR) is 73.6 cm³/mol. The molecular weight excluding hydrogens is 287 g/mol. The van der Waals surface area contributed by atoms with Gasteiger partial charge in [0.15, 0.2) is 5.41 Å². The van der Waals surface area contributed by atoms with Crippen LogP contribution in [0.15, 0.2) is 29.3 Å². The zero-order chi connectivity index (χ0) is 16.2. The number of nitriles is 2. The highest BCUT2D eigenvalue weighted by atomic mass is 19.1. The van der Waals surface area contributed by atoms with Crippen LogP contribution in [0, 0.1) is 39.3 Å². The molecule has 6 nitrogen and oxygen atoms in total. The van der Waals surface area contributed by atoms with E-state index in [1.807, 2.05) is 0 Å². The number of amidine groups is 1. The van der Waals surface area contributed by atoms with E-state index < -0.39 is 28.5 Å². The topological polar surface area (TPSA) is 104 Å². The lowest BCUT2D eigenvalue weighted by molar-refractivity contribution is -0.230. The first-order valence-electron chi connectivity index (χ1n) is 6.54. The van der Waals surface area contributed by atoms with Crippen molar-refractivity contribution >= 4 is 5.84 Å². The Bertz CT molecular complexity index is 762. The number of benzene rings is 1. The third-order valence-electron chi connectivity index (χ3n) is 4.70. The Morgan fingerprint density at radius 2 is 1.86 bits per heavy atom. The fourth-order valence-corrected chi connectivity index (χ4v) is 3.70. The minimum atomic E-state index is -1.73. The summed E-state index contributed by atoms with van der Waals surface area (Å²) in [7, 11) is 2.62. The van der Waals surface area contributed by atoms with E-state index in [4.69, 9.17) is 15.2 Å². The molecule has 0 spiro atoms. The predicted octanol–water partition coefficient (Wildman–Crippen LogP) is 1.26. The number of ether oxygens (including phenoxy) is 2. The highest BCUT2D eigenvalue weighted by Gasteiger charge is 2.93. The van der Waals surface area contributed by atoms with E-state index in [0.717, 1.165) is 0 Å². The van der Waals surface area contributed by atoms with Crippen LogP contribution in [0.1, 0.15) is 11.5 Å². The number of hydrogen-bond acceptors (Lipinski definition) is 6. The lowest BCUT2D eigenvalue weighted by Crippen LogP contribution is -2.41. The summed E-state index contributed by atoms with van der Waals surface area (Å²) in [6, 6.07) is 10.1. The molecule has 22 heavy (non-hydrogen) atoms. The number of fused-ring (bicyclic) bond motifs is 1. The van der Waals surface area contributed by atoms with Crippen molar-refractivity contribution in [1.82, 2.24) is 0 Å². The van der Waals surface area contributed by atoms with Crippen LogP contribution in [0.4, 0.5) is 4.39 Å². The monoisotopic (exact) mass is 300 g/mol. The molecule has 1 aliphatic carbocycles. The Balaban J connectivity index is 2.29. The maximum absolute atomic E-state index is 14.2. The van der Waals surface area contributed by atoms with Crippen molar-refractivity contribution in [3.63, 3.8) is 0 Å². The Morgan fingerprint density at radius 3 is 2.36 bits per heavy atom. The third kappa shape index (κ3) is 1.19. The number of aliphatic imine (C=N–C) groups is 1. The van der Waals surface area contributed by atoms with Gasteiger partial charge in [0.1, 0.15) is 17.1 Å². The highest BCUT2D eigenvalue weighted by Crippen LogP contribution is 2.81. The zero-order valence-corrected chi connectivity index (χ0v) is 12.0. The van der Waals surface area contributed by atoms with Crippen LogP contribution >= 0.6 is 0 Å². The standard InChI is InChI=1S/C15H13FN4O2/c1-21-15(22-2)14(8-18)11(9-5-3-4-6-10(9)16)13(14,7-17)12(19)20-15/h3-6,11H,1-2H3,(H2,19,20)/t11-,13-,14+/m1/s1. The number of methoxy groups -OCH3 is 2. The van der Waals surface area contributed by atoms with E-state index in [9.17, 15) is 14.9 Å². The first-order valence-corrected chi connectivity index (χ1v) is 6.54. The number of hydrogen-bond donors (Lipinski definition) is 1. The molecule has 1 fully saturated rings. The molecule has 1 aromatic carbocycles. The number of nitrogens with two attached hydrogens (primary N) is 1. The molecule has 1 saturated carbocycles. The summed E-state index contributed by atoms with van der Waals surface area (Å²) in [5.41, 5.74) is 3.16. The molecule has 112 valence electrons. The van der Waals surface area contributed by atoms with Gasteiger partial charge in [0.2, 0.25) is 0 Å². The van der Waals surface area contributed by atoms with Gasteiger partial charge in [0.05, 0.1) is 12.1 Å². The smallest absolute Gasteiger partial charge is 0.292 e. The van der Waals surface area contributed by atoms with Crippen LogP contribution in [0.3, 0.4) is 0 Å². The van der Waals surface area contributed by atoms with Crippen molar-refractivity contribution in [3.8, 4) is 12.1 Å². The van der Waals surface area contributed by atoms with Crippen LogP contribution in [0.5, 0.6) is 0 Å². The van der Waals surface area contributed by atoms with Crippen LogP contribution in [-0.2, 0) is 9.47 Å². The van der Waals surface area contributed by atoms with Crippen molar-refractivity contribution in [2.24, 2.45) is 21.6 Å². The molecule has 0 amide bonds. The van der Waals surface area contributed by atoms with Gasteiger partial charge < -0.3 is 15.2 Å². The summed E-state index contributed by atoms with van der Waals surface area (Å²) < 4.78 is 24.8. The molecular formula is C15H13FN4O2. The van der Waals surface area contributed by atoms with E-state index in [0.29, 0.717) is 0 Å². The zero-order valence-electron chi connectivity index (χ0n) is 12.0. The SMILES string of the molecule is COC1(OC)N=C(N)[C@@]2(C#N)[C@@H](c3ccccc3F)[C@]12C#N. The van der Waals surface area contributed by atoms with Crippen molar-refractivity contribution in [2.45, 2.75) is 11.8 Å². The fourth-order valence-electron chi connectivity index (χ4n) is 3.70. The van der Waals surface area contributed by atoms with Crippen LogP contribution in [0.2, 0.25) is 0 Å². The molecule has 1 aromatic rings. The maximum Gasteiger partial charge on any atom is 0.292 e. The van der Waals surface area contributed by atoms with Crippen molar-refractivity contribution < 1.29 is 13.9 Å². The summed E-state index contributed by atoms with van der Waals surface area (Å²) >= 11 is 0. The maximum atomic E-state index is 14.2. The van der Waals surface area contributed by atoms with Gasteiger partial charge in [0, 0.05) is 20.1 Å². The Morgan fingerprint density at radius 1 is 1.23 bits per heavy atom. The van der Waals surface area contributed by atoms with Crippen LogP contribution < -0.4 is 5.73 Å². The van der Waals surface area contributed by atoms with Crippen LogP contribution in [-0.4, -0.2) is 26.0 Å². The average Bonchev–Trinajstić information content (AvgIpc) is 3.10. The molecule has 0 saturated heterocycles. The van der Waals surface area contributed by atoms with Gasteiger partial charge in [-0.25, -0.2) is 9.38 Å². The molecule has 1 aliphatic heterocycles. The second kappa shape index (κ2) is 4.26. The van der Waals surface area contributed by atoms with Gasteiger partial charge in [0.25, 0.3) is 5.91 Å². The normalized spacial score (nSPS) is 34.2. The second-order valence-electron chi connectivity index (χ2n) is 5.28. The number of nitrogens with zero attached hydrogens (tertiary/aromatic N) is 3. The summed E-state index contributed by atoms with van der Waals surface area (Å²) in [5.74, 6) is -3.13. The summed E-state index contributed by atoms with van der Waals surface area (Å²) in [6.07, 6.45) is 0. The fraction of sp³-hybridized carbons (Fsp3) is 0.400. The van der Waals surface area contributed by atoms with E-state index in [2.05, 4.69) is 17.1 Å². The first kappa shape index (κ1) is 14.5. The number of rotatable bonds is 3. The van der Waals surface area contributed by atoms with E-state index in [1.54, 1.807) is 6.07 Å². The highest BCUT2D eigenvalue weighted by molar-refractivity contribution is 6.00. The van der Waals surface area contributed by atoms with Gasteiger partial charge in [-0.3, -0.25) is 0 Å². The Hall–Kier alpha value is -2.48. The molecule has 3 atom stereocenters. The van der Waals surface area contributed by atoms with Gasteiger partial charge >= 0.3 is 0 Å². The lowest BCUT2D eigenvalue weighted by atomic mass is 9.93. The molecule has 2 N–H and O–H groups in total. The molecule has 2 aliphatic rings. The quantitative estimate of drug-likeness (QED) is 0.846. The Kier molecular flexibility index (Phi) is 2.80.